The monoisotopic (exact) mass is 334 g/mol. The lowest BCUT2D eigenvalue weighted by Crippen LogP contribution is -1.95. The molecule has 0 radical (unpaired) electrons. The van der Waals surface area contributed by atoms with E-state index in [-0.39, 0.29) is 10.5 Å². The van der Waals surface area contributed by atoms with E-state index in [9.17, 15) is 10.1 Å². The Morgan fingerprint density at radius 2 is 1.75 bits per heavy atom. The molecule has 0 unspecified atom stereocenters. The van der Waals surface area contributed by atoms with Gasteiger partial charge in [-0.2, -0.15) is 0 Å². The van der Waals surface area contributed by atoms with Gasteiger partial charge in [0.15, 0.2) is 0 Å². The molecule has 116 valence electrons. The van der Waals surface area contributed by atoms with Crippen molar-refractivity contribution in [3.8, 4) is 11.3 Å². The zero-order chi connectivity index (χ0) is 16.7. The van der Waals surface area contributed by atoms with Gasteiger partial charge < -0.3 is 4.42 Å². The molecule has 0 bridgehead atoms. The summed E-state index contributed by atoms with van der Waals surface area (Å²) in [6.45, 7) is 0. The highest BCUT2D eigenvalue weighted by Gasteiger charge is 2.20. The third-order valence-electron chi connectivity index (χ3n) is 3.88. The van der Waals surface area contributed by atoms with Crippen molar-refractivity contribution in [1.82, 2.24) is 4.98 Å². The fraction of sp³-hybridized carbons (Fsp3) is 0. The molecule has 0 saturated carbocycles. The number of benzene rings is 3. The number of nitro benzene ring substituents is 1. The summed E-state index contributed by atoms with van der Waals surface area (Å²) in [6.07, 6.45) is 0. The van der Waals surface area contributed by atoms with Crippen LogP contribution in [0.2, 0.25) is 0 Å². The number of para-hydroxylation sites is 1. The van der Waals surface area contributed by atoms with Gasteiger partial charge in [-0.05, 0) is 35.1 Å². The number of rotatable bonds is 2. The Morgan fingerprint density at radius 3 is 2.58 bits per heavy atom. The first-order valence-electron chi connectivity index (χ1n) is 7.21. The van der Waals surface area contributed by atoms with E-state index in [0.717, 1.165) is 16.2 Å². The number of hydrogen-bond donors (Lipinski definition) is 0. The number of hydrogen-bond acceptors (Lipinski definition) is 5. The third kappa shape index (κ3) is 2.24. The minimum atomic E-state index is -0.416. The average Bonchev–Trinajstić information content (AvgIpc) is 2.60. The van der Waals surface area contributed by atoms with Gasteiger partial charge in [-0.15, -0.1) is 0 Å². The van der Waals surface area contributed by atoms with Crippen molar-refractivity contribution in [3.05, 3.63) is 75.6 Å². The van der Waals surface area contributed by atoms with Crippen molar-refractivity contribution < 1.29 is 9.34 Å². The fourth-order valence-electron chi connectivity index (χ4n) is 2.87. The summed E-state index contributed by atoms with van der Waals surface area (Å²) in [4.78, 5) is 15.3. The first kappa shape index (κ1) is 14.5. The Morgan fingerprint density at radius 1 is 1.00 bits per heavy atom. The Balaban J connectivity index is 2.22. The smallest absolute Gasteiger partial charge is 0.289 e. The van der Waals surface area contributed by atoms with Gasteiger partial charge in [-0.25, -0.2) is 4.98 Å². The van der Waals surface area contributed by atoms with E-state index in [4.69, 9.17) is 16.6 Å². The Labute approximate surface area is 141 Å². The summed E-state index contributed by atoms with van der Waals surface area (Å²) < 4.78 is 5.57. The summed E-state index contributed by atoms with van der Waals surface area (Å²) in [5, 5.41) is 14.0. The van der Waals surface area contributed by atoms with Crippen LogP contribution in [-0.2, 0) is 0 Å². The van der Waals surface area contributed by atoms with Crippen LogP contribution in [0.5, 0.6) is 0 Å². The van der Waals surface area contributed by atoms with Gasteiger partial charge in [-0.3, -0.25) is 10.1 Å². The molecule has 1 heterocycles. The molecule has 1 aromatic heterocycles. The minimum absolute atomic E-state index is 0.0140. The van der Waals surface area contributed by atoms with Crippen molar-refractivity contribution in [2.24, 2.45) is 0 Å². The first-order valence-corrected chi connectivity index (χ1v) is 7.62. The standard InChI is InChI=1S/C18H10N2O3S/c21-20(22)14-8-4-3-7-13(14)17-16-12-6-2-1-5-11(12)9-10-15(16)23-18(24)19-17/h1-10H. The highest BCUT2D eigenvalue weighted by molar-refractivity contribution is 7.71. The van der Waals surface area contributed by atoms with Crippen LogP contribution >= 0.6 is 12.2 Å². The van der Waals surface area contributed by atoms with Gasteiger partial charge in [0, 0.05) is 6.07 Å². The zero-order valence-corrected chi connectivity index (χ0v) is 13.1. The van der Waals surface area contributed by atoms with Crippen LogP contribution in [0.1, 0.15) is 0 Å². The van der Waals surface area contributed by atoms with Crippen molar-refractivity contribution in [3.63, 3.8) is 0 Å². The van der Waals surface area contributed by atoms with Crippen LogP contribution in [0.25, 0.3) is 33.0 Å². The second-order valence-corrected chi connectivity index (χ2v) is 5.61. The molecule has 0 amide bonds. The number of nitrogens with zero attached hydrogens (tertiary/aromatic N) is 2. The van der Waals surface area contributed by atoms with Crippen LogP contribution in [-0.4, -0.2) is 9.91 Å². The van der Waals surface area contributed by atoms with Gasteiger partial charge in [-0.1, -0.05) is 42.5 Å². The van der Waals surface area contributed by atoms with E-state index in [1.165, 1.54) is 6.07 Å². The number of fused-ring (bicyclic) bond motifs is 3. The molecule has 4 rings (SSSR count). The topological polar surface area (TPSA) is 69.2 Å². The van der Waals surface area contributed by atoms with Gasteiger partial charge in [0.25, 0.3) is 10.5 Å². The predicted molar refractivity (Wildman–Crippen MR) is 94.4 cm³/mol. The van der Waals surface area contributed by atoms with Crippen LogP contribution < -0.4 is 0 Å². The van der Waals surface area contributed by atoms with Crippen molar-refractivity contribution in [2.75, 3.05) is 0 Å². The summed E-state index contributed by atoms with van der Waals surface area (Å²) in [7, 11) is 0. The molecule has 0 aliphatic rings. The maximum absolute atomic E-state index is 11.4. The predicted octanol–water partition coefficient (Wildman–Crippen LogP) is 5.29. The average molecular weight is 334 g/mol. The molecular weight excluding hydrogens is 324 g/mol. The number of nitro groups is 1. The lowest BCUT2D eigenvalue weighted by molar-refractivity contribution is -0.384. The molecule has 0 saturated heterocycles. The molecule has 24 heavy (non-hydrogen) atoms. The fourth-order valence-corrected chi connectivity index (χ4v) is 3.05. The van der Waals surface area contributed by atoms with Gasteiger partial charge in [0.2, 0.25) is 0 Å². The van der Waals surface area contributed by atoms with Crippen LogP contribution in [0.15, 0.2) is 65.1 Å². The first-order chi connectivity index (χ1) is 11.6. The molecule has 0 aliphatic carbocycles. The van der Waals surface area contributed by atoms with E-state index in [2.05, 4.69) is 4.98 Å². The SMILES string of the molecule is O=[N+]([O-])c1ccccc1-c1nc(=S)oc2ccc3ccccc3c12. The molecule has 0 atom stereocenters. The van der Waals surface area contributed by atoms with Crippen molar-refractivity contribution in [2.45, 2.75) is 0 Å². The van der Waals surface area contributed by atoms with E-state index in [1.54, 1.807) is 18.2 Å². The van der Waals surface area contributed by atoms with Crippen LogP contribution in [0, 0.1) is 15.0 Å². The third-order valence-corrected chi connectivity index (χ3v) is 4.06. The van der Waals surface area contributed by atoms with Crippen LogP contribution in [0.3, 0.4) is 0 Å². The minimum Gasteiger partial charge on any atom is -0.430 e. The largest absolute Gasteiger partial charge is 0.430 e. The molecule has 0 spiro atoms. The summed E-state index contributed by atoms with van der Waals surface area (Å²) >= 11 is 5.11. The van der Waals surface area contributed by atoms with E-state index in [1.807, 2.05) is 36.4 Å². The van der Waals surface area contributed by atoms with Gasteiger partial charge in [0.1, 0.15) is 5.58 Å². The molecule has 0 N–H and O–H groups in total. The molecule has 3 aromatic carbocycles. The second kappa shape index (κ2) is 5.50. The van der Waals surface area contributed by atoms with E-state index in [0.29, 0.717) is 16.8 Å². The Hall–Kier alpha value is -3.12. The quantitative estimate of drug-likeness (QED) is 0.216. The normalized spacial score (nSPS) is 11.0. The maximum Gasteiger partial charge on any atom is 0.289 e. The molecule has 6 heteroatoms. The lowest BCUT2D eigenvalue weighted by Gasteiger charge is -2.08. The second-order valence-electron chi connectivity index (χ2n) is 5.26. The summed E-state index contributed by atoms with van der Waals surface area (Å²) in [6, 6.07) is 18.0. The molecule has 5 nitrogen and oxygen atoms in total. The van der Waals surface area contributed by atoms with Gasteiger partial charge in [0.05, 0.1) is 21.6 Å². The van der Waals surface area contributed by atoms with E-state index < -0.39 is 4.92 Å². The van der Waals surface area contributed by atoms with Crippen molar-refractivity contribution >= 4 is 39.6 Å². The Kier molecular flexibility index (Phi) is 3.32. The maximum atomic E-state index is 11.4. The van der Waals surface area contributed by atoms with Crippen molar-refractivity contribution in [1.29, 1.82) is 0 Å². The van der Waals surface area contributed by atoms with Gasteiger partial charge >= 0.3 is 0 Å². The highest BCUT2D eigenvalue weighted by Crippen LogP contribution is 2.36. The molecule has 0 fully saturated rings. The van der Waals surface area contributed by atoms with Crippen LogP contribution in [0.4, 0.5) is 5.69 Å². The number of aromatic nitrogens is 1. The zero-order valence-electron chi connectivity index (χ0n) is 12.3. The molecule has 4 aromatic rings. The molecule has 0 aliphatic heterocycles. The van der Waals surface area contributed by atoms with E-state index >= 15 is 0 Å². The highest BCUT2D eigenvalue weighted by atomic mass is 32.1. The lowest BCUT2D eigenvalue weighted by atomic mass is 10.00. The Bertz CT molecular complexity index is 1170. The summed E-state index contributed by atoms with van der Waals surface area (Å²) in [5.41, 5.74) is 1.43. The summed E-state index contributed by atoms with van der Waals surface area (Å²) in [5.74, 6) is 0. The molecular formula is C18H10N2O3S.